The van der Waals surface area contributed by atoms with Crippen LogP contribution in [0.3, 0.4) is 0 Å². The number of piperidine rings is 2. The van der Waals surface area contributed by atoms with E-state index >= 15 is 0 Å². The van der Waals surface area contributed by atoms with Gasteiger partial charge in [0.05, 0.1) is 19.2 Å². The van der Waals surface area contributed by atoms with E-state index in [1.165, 1.54) is 4.90 Å². The van der Waals surface area contributed by atoms with Crippen molar-refractivity contribution in [2.75, 3.05) is 49.6 Å². The van der Waals surface area contributed by atoms with E-state index in [9.17, 15) is 14.4 Å². The molecule has 0 atom stereocenters. The minimum Gasteiger partial charge on any atom is -0.497 e. The Bertz CT molecular complexity index is 1570. The third-order valence-corrected chi connectivity index (χ3v) is 9.55. The molecular formula is C34H44N6O5. The third kappa shape index (κ3) is 6.30. The molecule has 3 fully saturated rings. The lowest BCUT2D eigenvalue weighted by atomic mass is 9.71. The number of aromatic nitrogens is 2. The Morgan fingerprint density at radius 1 is 0.933 bits per heavy atom. The van der Waals surface area contributed by atoms with Crippen molar-refractivity contribution in [3.05, 3.63) is 48.0 Å². The number of hydrogen-bond acceptors (Lipinski definition) is 7. The van der Waals surface area contributed by atoms with Crippen molar-refractivity contribution in [2.24, 2.45) is 12.5 Å². The second kappa shape index (κ2) is 11.9. The van der Waals surface area contributed by atoms with Gasteiger partial charge >= 0.3 is 12.1 Å². The molecule has 0 N–H and O–H groups in total. The molecule has 0 aliphatic carbocycles. The highest BCUT2D eigenvalue weighted by Gasteiger charge is 2.40. The van der Waals surface area contributed by atoms with Gasteiger partial charge in [0.25, 0.3) is 0 Å². The zero-order chi connectivity index (χ0) is 31.9. The van der Waals surface area contributed by atoms with Gasteiger partial charge in [-0.25, -0.2) is 9.59 Å². The molecule has 45 heavy (non-hydrogen) atoms. The summed E-state index contributed by atoms with van der Waals surface area (Å²) in [6, 6.07) is 13.4. The Labute approximate surface area is 264 Å². The number of urea groups is 1. The lowest BCUT2D eigenvalue weighted by Crippen LogP contribution is -2.52. The van der Waals surface area contributed by atoms with E-state index in [2.05, 4.69) is 17.0 Å². The highest BCUT2D eigenvalue weighted by molar-refractivity contribution is 6.09. The standard InChI is InChI=1S/C34H44N6O5/c1-33(2,3)45-32(43)38-20-15-34(16-21-38)13-18-37(19-14-34)25-8-11-27-28(22-25)36(4)35-30(27)39-17-12-29(41)40(31(39)42)23-24-6-9-26(44-5)10-7-24/h6-11,22H,12-21,23H2,1-5H3. The van der Waals surface area contributed by atoms with Gasteiger partial charge in [-0.05, 0) is 87.8 Å². The summed E-state index contributed by atoms with van der Waals surface area (Å²) < 4.78 is 12.6. The molecule has 6 rings (SSSR count). The van der Waals surface area contributed by atoms with Crippen molar-refractivity contribution in [1.82, 2.24) is 19.6 Å². The minimum atomic E-state index is -0.478. The molecule has 0 unspecified atom stereocenters. The van der Waals surface area contributed by atoms with Crippen LogP contribution >= 0.6 is 0 Å². The predicted molar refractivity (Wildman–Crippen MR) is 173 cm³/mol. The lowest BCUT2D eigenvalue weighted by molar-refractivity contribution is -0.129. The van der Waals surface area contributed by atoms with Gasteiger partial charge in [0, 0.05) is 57.3 Å². The molecule has 0 saturated carbocycles. The molecular weight excluding hydrogens is 572 g/mol. The number of benzene rings is 2. The van der Waals surface area contributed by atoms with Crippen LogP contribution in [0.15, 0.2) is 42.5 Å². The fourth-order valence-electron chi connectivity index (χ4n) is 6.81. The topological polar surface area (TPSA) is 100 Å². The number of carbonyl (C=O) groups is 3. The van der Waals surface area contributed by atoms with Gasteiger partial charge in [0.15, 0.2) is 5.82 Å². The molecule has 2 aromatic carbocycles. The summed E-state index contributed by atoms with van der Waals surface area (Å²) in [5, 5.41) is 5.64. The molecule has 11 nitrogen and oxygen atoms in total. The number of methoxy groups -OCH3 is 1. The number of aryl methyl sites for hydroxylation is 1. The first-order chi connectivity index (χ1) is 21.4. The average molecular weight is 617 g/mol. The number of rotatable bonds is 5. The second-order valence-corrected chi connectivity index (χ2v) is 13.6. The number of carbonyl (C=O) groups excluding carboxylic acids is 3. The first kappa shape index (κ1) is 30.7. The number of amides is 4. The number of likely N-dealkylation sites (tertiary alicyclic amines) is 1. The van der Waals surface area contributed by atoms with Crippen LogP contribution in [0.1, 0.15) is 58.4 Å². The van der Waals surface area contributed by atoms with Gasteiger partial charge in [-0.1, -0.05) is 12.1 Å². The van der Waals surface area contributed by atoms with Gasteiger partial charge < -0.3 is 19.3 Å². The highest BCUT2D eigenvalue weighted by Crippen LogP contribution is 2.43. The van der Waals surface area contributed by atoms with Crippen LogP contribution < -0.4 is 14.5 Å². The summed E-state index contributed by atoms with van der Waals surface area (Å²) in [4.78, 5) is 46.2. The summed E-state index contributed by atoms with van der Waals surface area (Å²) in [6.07, 6.45) is 4.22. The van der Waals surface area contributed by atoms with Crippen LogP contribution in [-0.4, -0.2) is 83.0 Å². The van der Waals surface area contributed by atoms with Gasteiger partial charge in [0.1, 0.15) is 11.4 Å². The van der Waals surface area contributed by atoms with E-state index < -0.39 is 5.60 Å². The smallest absolute Gasteiger partial charge is 0.410 e. The first-order valence-electron chi connectivity index (χ1n) is 15.9. The van der Waals surface area contributed by atoms with Gasteiger partial charge in [-0.2, -0.15) is 5.10 Å². The number of anilines is 2. The van der Waals surface area contributed by atoms with Crippen molar-refractivity contribution in [3.8, 4) is 5.75 Å². The maximum absolute atomic E-state index is 13.6. The first-order valence-corrected chi connectivity index (χ1v) is 15.9. The second-order valence-electron chi connectivity index (χ2n) is 13.6. The Morgan fingerprint density at radius 2 is 1.60 bits per heavy atom. The Morgan fingerprint density at radius 3 is 2.24 bits per heavy atom. The van der Waals surface area contributed by atoms with Crippen LogP contribution in [0, 0.1) is 5.41 Å². The van der Waals surface area contributed by atoms with Gasteiger partial charge in [-0.15, -0.1) is 0 Å². The summed E-state index contributed by atoms with van der Waals surface area (Å²) >= 11 is 0. The van der Waals surface area contributed by atoms with Crippen LogP contribution in [0.2, 0.25) is 0 Å². The zero-order valence-corrected chi connectivity index (χ0v) is 27.0. The molecule has 240 valence electrons. The van der Waals surface area contributed by atoms with Crippen molar-refractivity contribution in [2.45, 2.75) is 65.0 Å². The Hall–Kier alpha value is -4.28. The van der Waals surface area contributed by atoms with Crippen LogP contribution in [0.4, 0.5) is 21.1 Å². The molecule has 3 aromatic rings. The summed E-state index contributed by atoms with van der Waals surface area (Å²) in [5.41, 5.74) is 2.72. The van der Waals surface area contributed by atoms with Crippen LogP contribution in [0.25, 0.3) is 10.9 Å². The SMILES string of the molecule is COc1ccc(CN2C(=O)CCN(c3nn(C)c4cc(N5CCC6(CCN(C(=O)OC(C)(C)C)CC6)CC5)ccc34)C2=O)cc1. The van der Waals surface area contributed by atoms with Crippen molar-refractivity contribution < 1.29 is 23.9 Å². The molecule has 1 spiro atoms. The molecule has 4 heterocycles. The van der Waals surface area contributed by atoms with E-state index in [4.69, 9.17) is 14.6 Å². The fraction of sp³-hybridized carbons (Fsp3) is 0.529. The van der Waals surface area contributed by atoms with E-state index in [0.29, 0.717) is 12.4 Å². The zero-order valence-electron chi connectivity index (χ0n) is 27.0. The molecule has 1 aromatic heterocycles. The quantitative estimate of drug-likeness (QED) is 0.370. The van der Waals surface area contributed by atoms with Crippen LogP contribution in [-0.2, 0) is 23.1 Å². The van der Waals surface area contributed by atoms with Crippen molar-refractivity contribution >= 4 is 40.4 Å². The minimum absolute atomic E-state index is 0.187. The van der Waals surface area contributed by atoms with E-state index in [-0.39, 0.29) is 36.4 Å². The highest BCUT2D eigenvalue weighted by atomic mass is 16.6. The van der Waals surface area contributed by atoms with Crippen LogP contribution in [0.5, 0.6) is 5.75 Å². The van der Waals surface area contributed by atoms with Gasteiger partial charge in [0.2, 0.25) is 5.91 Å². The van der Waals surface area contributed by atoms with Crippen molar-refractivity contribution in [3.63, 3.8) is 0 Å². The maximum atomic E-state index is 13.6. The largest absolute Gasteiger partial charge is 0.497 e. The average Bonchev–Trinajstić information content (AvgIpc) is 3.34. The molecule has 0 radical (unpaired) electrons. The van der Waals surface area contributed by atoms with E-state index in [0.717, 1.165) is 79.8 Å². The number of fused-ring (bicyclic) bond motifs is 1. The Kier molecular flexibility index (Phi) is 8.13. The van der Waals surface area contributed by atoms with E-state index in [1.54, 1.807) is 12.0 Å². The third-order valence-electron chi connectivity index (χ3n) is 9.55. The normalized spacial score (nSPS) is 19.0. The summed E-state index contributed by atoms with van der Waals surface area (Å²) in [6.45, 7) is 9.61. The molecule has 0 bridgehead atoms. The Balaban J connectivity index is 1.12. The summed E-state index contributed by atoms with van der Waals surface area (Å²) in [5.74, 6) is 1.11. The number of ether oxygens (including phenoxy) is 2. The molecule has 11 heteroatoms. The van der Waals surface area contributed by atoms with Gasteiger partial charge in [-0.3, -0.25) is 19.3 Å². The van der Waals surface area contributed by atoms with Crippen molar-refractivity contribution in [1.29, 1.82) is 0 Å². The number of imide groups is 1. The maximum Gasteiger partial charge on any atom is 0.410 e. The van der Waals surface area contributed by atoms with E-state index in [1.807, 2.05) is 67.7 Å². The monoisotopic (exact) mass is 616 g/mol. The molecule has 3 saturated heterocycles. The fourth-order valence-corrected chi connectivity index (χ4v) is 6.81. The number of nitrogens with zero attached hydrogens (tertiary/aromatic N) is 6. The summed E-state index contributed by atoms with van der Waals surface area (Å²) in [7, 11) is 3.50. The molecule has 3 aliphatic rings. The number of hydrogen-bond donors (Lipinski definition) is 0. The molecule has 4 amide bonds. The molecule has 3 aliphatic heterocycles. The lowest BCUT2D eigenvalue weighted by Gasteiger charge is -2.47. The predicted octanol–water partition coefficient (Wildman–Crippen LogP) is 5.56.